The second-order valence-corrected chi connectivity index (χ2v) is 12.6. The van der Waals surface area contributed by atoms with Gasteiger partial charge in [-0.15, -0.1) is 0 Å². The van der Waals surface area contributed by atoms with Crippen molar-refractivity contribution in [2.24, 2.45) is 0 Å². The minimum Gasteiger partial charge on any atom is -0.311 e. The van der Waals surface area contributed by atoms with Crippen molar-refractivity contribution in [3.05, 3.63) is 247 Å². The third kappa shape index (κ3) is 6.92. The Bertz CT molecular complexity index is 2290. The summed E-state index contributed by atoms with van der Waals surface area (Å²) >= 11 is 0. The Kier molecular flexibility index (Phi) is 9.17. The fraction of sp³-hybridized carbons (Fsp3) is 0. The maximum atomic E-state index is 2.31. The van der Waals surface area contributed by atoms with Gasteiger partial charge in [0.1, 0.15) is 0 Å². The van der Waals surface area contributed by atoms with Crippen LogP contribution in [-0.4, -0.2) is 0 Å². The van der Waals surface area contributed by atoms with Gasteiger partial charge in [-0.05, 0) is 92.1 Å². The summed E-state index contributed by atoms with van der Waals surface area (Å²) in [5.41, 5.74) is 15.3. The monoisotopic (exact) mass is 651 g/mol. The molecule has 0 saturated carbocycles. The van der Waals surface area contributed by atoms with Crippen molar-refractivity contribution < 1.29 is 0 Å². The number of rotatable bonds is 9. The number of hydrogen-bond donors (Lipinski definition) is 0. The van der Waals surface area contributed by atoms with E-state index < -0.39 is 0 Å². The van der Waals surface area contributed by atoms with Crippen molar-refractivity contribution in [2.45, 2.75) is 0 Å². The van der Waals surface area contributed by atoms with Gasteiger partial charge < -0.3 is 4.90 Å². The second-order valence-electron chi connectivity index (χ2n) is 12.6. The molecule has 0 amide bonds. The van der Waals surface area contributed by atoms with Gasteiger partial charge >= 0.3 is 0 Å². The zero-order valence-corrected chi connectivity index (χ0v) is 28.3. The lowest BCUT2D eigenvalue weighted by Gasteiger charge is -2.26. The molecule has 0 bridgehead atoms. The Labute approximate surface area is 301 Å². The van der Waals surface area contributed by atoms with Crippen molar-refractivity contribution >= 4 is 28.2 Å². The van der Waals surface area contributed by atoms with Gasteiger partial charge in [0, 0.05) is 17.1 Å². The molecule has 8 aromatic carbocycles. The van der Waals surface area contributed by atoms with Crippen LogP contribution < -0.4 is 4.90 Å². The number of hydrogen-bond acceptors (Lipinski definition) is 1. The molecule has 0 heterocycles. The van der Waals surface area contributed by atoms with E-state index >= 15 is 0 Å². The molecule has 51 heavy (non-hydrogen) atoms. The van der Waals surface area contributed by atoms with Crippen LogP contribution in [0.25, 0.3) is 33.4 Å². The molecule has 0 saturated heterocycles. The van der Waals surface area contributed by atoms with E-state index in [1.165, 1.54) is 55.7 Å². The Morgan fingerprint density at radius 1 is 0.216 bits per heavy atom. The molecule has 0 atom stereocenters. The van der Waals surface area contributed by atoms with E-state index in [1.54, 1.807) is 0 Å². The number of para-hydroxylation sites is 1. The Balaban J connectivity index is 1.15. The fourth-order valence-corrected chi connectivity index (χ4v) is 6.82. The van der Waals surface area contributed by atoms with Gasteiger partial charge in [-0.25, -0.2) is 0 Å². The van der Waals surface area contributed by atoms with E-state index in [0.717, 1.165) is 17.1 Å². The summed E-state index contributed by atoms with van der Waals surface area (Å²) in [5, 5.41) is 0. The van der Waals surface area contributed by atoms with Crippen molar-refractivity contribution in [1.82, 2.24) is 0 Å². The molecular weight excluding hydrogens is 615 g/mol. The van der Waals surface area contributed by atoms with Gasteiger partial charge in [-0.1, -0.05) is 188 Å². The molecule has 0 unspecified atom stereocenters. The van der Waals surface area contributed by atoms with Crippen LogP contribution in [0.3, 0.4) is 0 Å². The molecule has 0 fully saturated rings. The highest BCUT2D eigenvalue weighted by Gasteiger charge is 2.17. The van der Waals surface area contributed by atoms with Crippen LogP contribution >= 0.6 is 0 Å². The lowest BCUT2D eigenvalue weighted by Crippen LogP contribution is -2.09. The van der Waals surface area contributed by atoms with Crippen LogP contribution in [0.5, 0.6) is 0 Å². The molecule has 0 aromatic heterocycles. The van der Waals surface area contributed by atoms with Gasteiger partial charge in [0.25, 0.3) is 0 Å². The predicted molar refractivity (Wildman–Crippen MR) is 216 cm³/mol. The van der Waals surface area contributed by atoms with Gasteiger partial charge in [0.2, 0.25) is 0 Å². The Hall–Kier alpha value is -6.70. The number of anilines is 3. The molecule has 0 aliphatic carbocycles. The quantitative estimate of drug-likeness (QED) is 0.140. The minimum atomic E-state index is 1.11. The molecular formula is C50H37N. The highest BCUT2D eigenvalue weighted by atomic mass is 15.1. The summed E-state index contributed by atoms with van der Waals surface area (Å²) in [7, 11) is 0. The van der Waals surface area contributed by atoms with Gasteiger partial charge in [0.05, 0.1) is 0 Å². The third-order valence-electron chi connectivity index (χ3n) is 9.32. The molecule has 242 valence electrons. The molecule has 0 aliphatic heterocycles. The van der Waals surface area contributed by atoms with E-state index in [0.29, 0.717) is 0 Å². The highest BCUT2D eigenvalue weighted by Crippen LogP contribution is 2.39. The summed E-state index contributed by atoms with van der Waals surface area (Å²) < 4.78 is 0. The Morgan fingerprint density at radius 3 is 0.843 bits per heavy atom. The van der Waals surface area contributed by atoms with Gasteiger partial charge in [-0.2, -0.15) is 0 Å². The second kappa shape index (κ2) is 14.8. The molecule has 0 spiro atoms. The highest BCUT2D eigenvalue weighted by molar-refractivity contribution is 6.04. The molecule has 1 heteroatoms. The smallest absolute Gasteiger partial charge is 0.0462 e. The van der Waals surface area contributed by atoms with Crippen molar-refractivity contribution in [1.29, 1.82) is 0 Å². The minimum absolute atomic E-state index is 1.11. The number of benzene rings is 8. The first-order valence-corrected chi connectivity index (χ1v) is 17.4. The predicted octanol–water partition coefficient (Wildman–Crippen LogP) is 13.5. The standard InChI is InChI=1S/C50H37N/c1-6-16-38(17-7-1)40-30-34-47(35-31-40)51(46-24-14-5-15-25-46)48-36-32-41(33-37-48)39-26-28-45(29-27-39)50(44-22-12-4-13-23-44)49(42-18-8-2-9-19-42)43-20-10-3-11-21-43/h1-37H. The summed E-state index contributed by atoms with van der Waals surface area (Å²) in [6.45, 7) is 0. The zero-order chi connectivity index (χ0) is 34.2. The van der Waals surface area contributed by atoms with E-state index in [-0.39, 0.29) is 0 Å². The largest absolute Gasteiger partial charge is 0.311 e. The summed E-state index contributed by atoms with van der Waals surface area (Å²) in [6.07, 6.45) is 0. The first-order chi connectivity index (χ1) is 25.3. The van der Waals surface area contributed by atoms with Crippen molar-refractivity contribution in [3.63, 3.8) is 0 Å². The van der Waals surface area contributed by atoms with Crippen molar-refractivity contribution in [2.75, 3.05) is 4.90 Å². The van der Waals surface area contributed by atoms with Gasteiger partial charge in [0.15, 0.2) is 0 Å². The van der Waals surface area contributed by atoms with Crippen LogP contribution in [0, 0.1) is 0 Å². The lowest BCUT2D eigenvalue weighted by atomic mass is 9.85. The molecule has 8 rings (SSSR count). The van der Waals surface area contributed by atoms with Gasteiger partial charge in [-0.3, -0.25) is 0 Å². The third-order valence-corrected chi connectivity index (χ3v) is 9.32. The number of nitrogens with zero attached hydrogens (tertiary/aromatic N) is 1. The topological polar surface area (TPSA) is 3.24 Å². The molecule has 8 aromatic rings. The maximum Gasteiger partial charge on any atom is 0.0462 e. The Morgan fingerprint density at radius 2 is 0.471 bits per heavy atom. The summed E-state index contributed by atoms with van der Waals surface area (Å²) in [6, 6.07) is 80.0. The van der Waals surface area contributed by atoms with Crippen LogP contribution in [-0.2, 0) is 0 Å². The summed E-state index contributed by atoms with van der Waals surface area (Å²) in [5.74, 6) is 0. The van der Waals surface area contributed by atoms with E-state index in [9.17, 15) is 0 Å². The molecule has 0 radical (unpaired) electrons. The average Bonchev–Trinajstić information content (AvgIpc) is 3.22. The van der Waals surface area contributed by atoms with Crippen molar-refractivity contribution in [3.8, 4) is 22.3 Å². The first kappa shape index (κ1) is 31.6. The van der Waals surface area contributed by atoms with Crippen LogP contribution in [0.1, 0.15) is 22.3 Å². The summed E-state index contributed by atoms with van der Waals surface area (Å²) in [4.78, 5) is 2.31. The van der Waals surface area contributed by atoms with Crippen LogP contribution in [0.15, 0.2) is 224 Å². The normalized spacial score (nSPS) is 10.7. The van der Waals surface area contributed by atoms with Crippen LogP contribution in [0.4, 0.5) is 17.1 Å². The fourth-order valence-electron chi connectivity index (χ4n) is 6.82. The average molecular weight is 652 g/mol. The van der Waals surface area contributed by atoms with E-state index in [4.69, 9.17) is 0 Å². The zero-order valence-electron chi connectivity index (χ0n) is 28.3. The SMILES string of the molecule is c1ccc(C(=C(c2ccccc2)c2ccc(-c3ccc(N(c4ccccc4)c4ccc(-c5ccccc5)cc4)cc3)cc2)c2ccccc2)cc1. The maximum absolute atomic E-state index is 2.31. The van der Waals surface area contributed by atoms with E-state index in [2.05, 4.69) is 229 Å². The molecule has 0 aliphatic rings. The molecule has 1 nitrogen and oxygen atoms in total. The van der Waals surface area contributed by atoms with E-state index in [1.807, 2.05) is 0 Å². The first-order valence-electron chi connectivity index (χ1n) is 17.4. The molecule has 0 N–H and O–H groups in total. The lowest BCUT2D eigenvalue weighted by molar-refractivity contribution is 1.28. The van der Waals surface area contributed by atoms with Crippen LogP contribution in [0.2, 0.25) is 0 Å².